The van der Waals surface area contributed by atoms with Crippen LogP contribution in [0.4, 0.5) is 10.1 Å². The molecule has 7 heteroatoms. The Balaban J connectivity index is 2.68. The van der Waals surface area contributed by atoms with Gasteiger partial charge in [-0.25, -0.2) is 17.5 Å². The van der Waals surface area contributed by atoms with E-state index < -0.39 is 15.8 Å². The number of nitrogens with one attached hydrogen (secondary N) is 1. The van der Waals surface area contributed by atoms with E-state index in [0.717, 1.165) is 31.4 Å². The number of sulfonamides is 1. The van der Waals surface area contributed by atoms with Crippen molar-refractivity contribution in [3.05, 3.63) is 22.4 Å². The summed E-state index contributed by atoms with van der Waals surface area (Å²) < 4.78 is 40.1. The van der Waals surface area contributed by atoms with Gasteiger partial charge in [-0.3, -0.25) is 0 Å². The highest BCUT2D eigenvalue weighted by Crippen LogP contribution is 2.26. The summed E-state index contributed by atoms with van der Waals surface area (Å²) in [6.45, 7) is 4.62. The minimum absolute atomic E-state index is 0.0414. The number of benzene rings is 1. The fourth-order valence-electron chi connectivity index (χ4n) is 1.71. The number of halogens is 2. The Labute approximate surface area is 128 Å². The van der Waals surface area contributed by atoms with Crippen LogP contribution in [0.25, 0.3) is 0 Å². The van der Waals surface area contributed by atoms with Crippen LogP contribution in [-0.4, -0.2) is 15.0 Å². The molecule has 0 aliphatic rings. The van der Waals surface area contributed by atoms with Crippen molar-refractivity contribution in [1.82, 2.24) is 4.72 Å². The molecular formula is C13H20BrFN2O2S. The monoisotopic (exact) mass is 366 g/mol. The van der Waals surface area contributed by atoms with Gasteiger partial charge in [-0.1, -0.05) is 26.7 Å². The topological polar surface area (TPSA) is 72.2 Å². The van der Waals surface area contributed by atoms with Crippen LogP contribution in [0.5, 0.6) is 0 Å². The van der Waals surface area contributed by atoms with Gasteiger partial charge < -0.3 is 5.73 Å². The lowest BCUT2D eigenvalue weighted by Gasteiger charge is -2.10. The van der Waals surface area contributed by atoms with Crippen molar-refractivity contribution in [3.63, 3.8) is 0 Å². The minimum Gasteiger partial charge on any atom is -0.396 e. The van der Waals surface area contributed by atoms with Gasteiger partial charge in [0.15, 0.2) is 0 Å². The van der Waals surface area contributed by atoms with Gasteiger partial charge in [0, 0.05) is 11.0 Å². The SMILES string of the molecule is CC(C)CCCCNS(=O)(=O)c1cc(N)c(F)cc1Br. The van der Waals surface area contributed by atoms with Crippen LogP contribution < -0.4 is 10.5 Å². The standard InChI is InChI=1S/C13H20BrFN2O2S/c1-9(2)5-3-4-6-17-20(18,19)13-8-12(16)11(15)7-10(13)14/h7-9,17H,3-6,16H2,1-2H3. The number of hydrogen-bond donors (Lipinski definition) is 2. The Morgan fingerprint density at radius 1 is 1.35 bits per heavy atom. The van der Waals surface area contributed by atoms with Gasteiger partial charge in [-0.15, -0.1) is 0 Å². The predicted molar refractivity (Wildman–Crippen MR) is 82.4 cm³/mol. The maximum absolute atomic E-state index is 13.2. The van der Waals surface area contributed by atoms with E-state index in [9.17, 15) is 12.8 Å². The normalized spacial score (nSPS) is 12.1. The Kier molecular flexibility index (Phi) is 6.42. The highest BCUT2D eigenvalue weighted by molar-refractivity contribution is 9.10. The molecule has 3 N–H and O–H groups in total. The quantitative estimate of drug-likeness (QED) is 0.574. The van der Waals surface area contributed by atoms with Gasteiger partial charge >= 0.3 is 0 Å². The zero-order valence-electron chi connectivity index (χ0n) is 11.6. The molecule has 4 nitrogen and oxygen atoms in total. The van der Waals surface area contributed by atoms with E-state index in [1.54, 1.807) is 0 Å². The Bertz CT molecular complexity index is 562. The summed E-state index contributed by atoms with van der Waals surface area (Å²) in [6.07, 6.45) is 2.80. The molecule has 1 aromatic carbocycles. The zero-order chi connectivity index (χ0) is 15.3. The molecule has 0 aliphatic carbocycles. The molecule has 0 unspecified atom stereocenters. The second-order valence-electron chi connectivity index (χ2n) is 5.09. The Morgan fingerprint density at radius 3 is 2.60 bits per heavy atom. The van der Waals surface area contributed by atoms with Crippen molar-refractivity contribution in [2.45, 2.75) is 38.0 Å². The smallest absolute Gasteiger partial charge is 0.241 e. The van der Waals surface area contributed by atoms with Crippen LogP contribution >= 0.6 is 15.9 Å². The van der Waals surface area contributed by atoms with Crippen molar-refractivity contribution in [1.29, 1.82) is 0 Å². The lowest BCUT2D eigenvalue weighted by molar-refractivity contribution is 0.530. The summed E-state index contributed by atoms with van der Waals surface area (Å²) in [5, 5.41) is 0. The first kappa shape index (κ1) is 17.4. The molecule has 0 atom stereocenters. The van der Waals surface area contributed by atoms with E-state index in [2.05, 4.69) is 34.5 Å². The van der Waals surface area contributed by atoms with E-state index in [-0.39, 0.29) is 15.1 Å². The van der Waals surface area contributed by atoms with Crippen molar-refractivity contribution < 1.29 is 12.8 Å². The zero-order valence-corrected chi connectivity index (χ0v) is 14.0. The largest absolute Gasteiger partial charge is 0.396 e. The lowest BCUT2D eigenvalue weighted by Crippen LogP contribution is -2.25. The van der Waals surface area contributed by atoms with Gasteiger partial charge in [0.05, 0.1) is 10.6 Å². The summed E-state index contributed by atoms with van der Waals surface area (Å²) in [7, 11) is -3.67. The molecule has 0 aromatic heterocycles. The number of hydrogen-bond acceptors (Lipinski definition) is 3. The average molecular weight is 367 g/mol. The number of nitrogens with two attached hydrogens (primary N) is 1. The third kappa shape index (κ3) is 5.03. The molecule has 1 aromatic rings. The molecular weight excluding hydrogens is 347 g/mol. The fourth-order valence-corrected chi connectivity index (χ4v) is 3.83. The first-order chi connectivity index (χ1) is 9.24. The third-order valence-electron chi connectivity index (χ3n) is 2.84. The van der Waals surface area contributed by atoms with Crippen LogP contribution in [0.1, 0.15) is 33.1 Å². The second kappa shape index (κ2) is 7.38. The number of nitrogen functional groups attached to an aromatic ring is 1. The van der Waals surface area contributed by atoms with Crippen molar-refractivity contribution in [2.75, 3.05) is 12.3 Å². The van der Waals surface area contributed by atoms with Crippen LogP contribution in [0.2, 0.25) is 0 Å². The van der Waals surface area contributed by atoms with E-state index in [1.807, 2.05) is 0 Å². The van der Waals surface area contributed by atoms with E-state index in [4.69, 9.17) is 5.73 Å². The average Bonchev–Trinajstić information content (AvgIpc) is 2.32. The van der Waals surface area contributed by atoms with E-state index in [1.165, 1.54) is 0 Å². The number of rotatable bonds is 7. The maximum Gasteiger partial charge on any atom is 0.241 e. The molecule has 0 saturated heterocycles. The molecule has 0 aliphatic heterocycles. The van der Waals surface area contributed by atoms with E-state index >= 15 is 0 Å². The first-order valence-corrected chi connectivity index (χ1v) is 8.76. The molecule has 20 heavy (non-hydrogen) atoms. The molecule has 0 saturated carbocycles. The van der Waals surface area contributed by atoms with Crippen LogP contribution in [0, 0.1) is 11.7 Å². The third-order valence-corrected chi connectivity index (χ3v) is 5.26. The fraction of sp³-hybridized carbons (Fsp3) is 0.538. The molecule has 0 spiro atoms. The van der Waals surface area contributed by atoms with Crippen molar-refractivity contribution in [3.8, 4) is 0 Å². The Morgan fingerprint density at radius 2 is 2.00 bits per heavy atom. The Hall–Kier alpha value is -0.660. The molecule has 0 amide bonds. The van der Waals surface area contributed by atoms with Crippen LogP contribution in [0.15, 0.2) is 21.5 Å². The molecule has 1 rings (SSSR count). The number of unbranched alkanes of at least 4 members (excludes halogenated alkanes) is 1. The molecule has 0 fully saturated rings. The first-order valence-electron chi connectivity index (χ1n) is 6.48. The molecule has 114 valence electrons. The van der Waals surface area contributed by atoms with Gasteiger partial charge in [-0.2, -0.15) is 0 Å². The summed E-state index contributed by atoms with van der Waals surface area (Å²) in [5.74, 6) is -0.0367. The van der Waals surface area contributed by atoms with Gasteiger partial charge in [0.1, 0.15) is 5.82 Å². The second-order valence-corrected chi connectivity index (χ2v) is 7.68. The minimum atomic E-state index is -3.67. The van der Waals surface area contributed by atoms with Gasteiger partial charge in [0.25, 0.3) is 0 Å². The summed E-state index contributed by atoms with van der Waals surface area (Å²) in [5.41, 5.74) is 5.22. The van der Waals surface area contributed by atoms with Crippen LogP contribution in [-0.2, 0) is 10.0 Å². The lowest BCUT2D eigenvalue weighted by atomic mass is 10.1. The van der Waals surface area contributed by atoms with E-state index in [0.29, 0.717) is 12.5 Å². The molecule has 0 heterocycles. The molecule has 0 bridgehead atoms. The number of anilines is 1. The summed E-state index contributed by atoms with van der Waals surface area (Å²) >= 11 is 3.04. The summed E-state index contributed by atoms with van der Waals surface area (Å²) in [6, 6.07) is 2.18. The predicted octanol–water partition coefficient (Wildman–Crippen LogP) is 3.28. The van der Waals surface area contributed by atoms with Crippen molar-refractivity contribution in [2.24, 2.45) is 5.92 Å². The van der Waals surface area contributed by atoms with Gasteiger partial charge in [0.2, 0.25) is 10.0 Å². The van der Waals surface area contributed by atoms with Crippen LogP contribution in [0.3, 0.4) is 0 Å². The van der Waals surface area contributed by atoms with Crippen molar-refractivity contribution >= 4 is 31.6 Å². The maximum atomic E-state index is 13.2. The molecule has 0 radical (unpaired) electrons. The summed E-state index contributed by atoms with van der Waals surface area (Å²) in [4.78, 5) is -0.0414. The highest BCUT2D eigenvalue weighted by atomic mass is 79.9. The van der Waals surface area contributed by atoms with Gasteiger partial charge in [-0.05, 0) is 40.4 Å². The highest BCUT2D eigenvalue weighted by Gasteiger charge is 2.19.